The minimum Gasteiger partial charge on any atom is -0.409 e. The lowest BCUT2D eigenvalue weighted by Crippen LogP contribution is -2.48. The highest BCUT2D eigenvalue weighted by Crippen LogP contribution is 2.31. The molecule has 2 heterocycles. The number of anilines is 1. The van der Waals surface area contributed by atoms with Crippen LogP contribution in [0.3, 0.4) is 0 Å². The van der Waals surface area contributed by atoms with Gasteiger partial charge in [0.05, 0.1) is 18.7 Å². The molecule has 1 unspecified atom stereocenters. The second-order valence-corrected chi connectivity index (χ2v) is 4.23. The molecule has 0 spiro atoms. The summed E-state index contributed by atoms with van der Waals surface area (Å²) in [5.41, 5.74) is 4.67. The fourth-order valence-corrected chi connectivity index (χ4v) is 1.87. The molecule has 0 radical (unpaired) electrons. The lowest BCUT2D eigenvalue weighted by molar-refractivity contribution is -0.137. The first-order valence-electron chi connectivity index (χ1n) is 5.79. The first-order chi connectivity index (χ1) is 9.41. The predicted octanol–water partition coefficient (Wildman–Crippen LogP) is 1.05. The molecule has 1 saturated heterocycles. The van der Waals surface area contributed by atoms with Gasteiger partial charge in [0.25, 0.3) is 0 Å². The maximum atomic E-state index is 12.7. The zero-order chi connectivity index (χ0) is 14.8. The van der Waals surface area contributed by atoms with Gasteiger partial charge in [0, 0.05) is 12.7 Å². The number of nitrogens with zero attached hydrogens (tertiary/aromatic N) is 3. The van der Waals surface area contributed by atoms with Crippen LogP contribution in [0.15, 0.2) is 23.5 Å². The van der Waals surface area contributed by atoms with Crippen molar-refractivity contribution in [3.05, 3.63) is 23.9 Å². The van der Waals surface area contributed by atoms with Gasteiger partial charge in [0.2, 0.25) is 0 Å². The Hall–Kier alpha value is -2.03. The molecule has 110 valence electrons. The van der Waals surface area contributed by atoms with Crippen LogP contribution < -0.4 is 10.6 Å². The maximum Gasteiger partial charge on any atom is 0.416 e. The maximum absolute atomic E-state index is 12.7. The number of nitrogens with two attached hydrogens (primary N) is 1. The molecule has 9 heteroatoms. The molecule has 1 atom stereocenters. The third-order valence-corrected chi connectivity index (χ3v) is 2.91. The van der Waals surface area contributed by atoms with E-state index in [2.05, 4.69) is 10.1 Å². The van der Waals surface area contributed by atoms with Crippen molar-refractivity contribution in [1.29, 1.82) is 0 Å². The molecule has 20 heavy (non-hydrogen) atoms. The van der Waals surface area contributed by atoms with E-state index < -0.39 is 17.8 Å². The minimum absolute atomic E-state index is 0.123. The van der Waals surface area contributed by atoms with E-state index >= 15 is 0 Å². The summed E-state index contributed by atoms with van der Waals surface area (Å²) < 4.78 is 43.2. The van der Waals surface area contributed by atoms with E-state index in [-0.39, 0.29) is 24.8 Å². The second kappa shape index (κ2) is 5.53. The van der Waals surface area contributed by atoms with Gasteiger partial charge in [-0.15, -0.1) is 0 Å². The van der Waals surface area contributed by atoms with Crippen LogP contribution in [0.1, 0.15) is 5.56 Å². The van der Waals surface area contributed by atoms with Gasteiger partial charge in [-0.2, -0.15) is 13.2 Å². The number of rotatable bonds is 2. The number of hydrogen-bond donors (Lipinski definition) is 2. The summed E-state index contributed by atoms with van der Waals surface area (Å²) in [6, 6.07) is 1.87. The van der Waals surface area contributed by atoms with Gasteiger partial charge in [0.1, 0.15) is 11.9 Å². The van der Waals surface area contributed by atoms with Crippen molar-refractivity contribution in [2.75, 3.05) is 24.6 Å². The van der Waals surface area contributed by atoms with Crippen molar-refractivity contribution in [3.8, 4) is 0 Å². The van der Waals surface area contributed by atoms with Gasteiger partial charge in [-0.3, -0.25) is 0 Å². The Labute approximate surface area is 112 Å². The molecule has 1 aromatic heterocycles. The summed E-state index contributed by atoms with van der Waals surface area (Å²) in [5.74, 6) is 0.0561. The molecular weight excluding hydrogens is 277 g/mol. The van der Waals surface area contributed by atoms with E-state index in [0.717, 1.165) is 18.3 Å². The molecule has 0 bridgehead atoms. The molecule has 2 rings (SSSR count). The molecule has 1 aliphatic heterocycles. The number of oxime groups is 1. The minimum atomic E-state index is -4.42. The van der Waals surface area contributed by atoms with Crippen molar-refractivity contribution >= 4 is 11.7 Å². The fourth-order valence-electron chi connectivity index (χ4n) is 1.87. The van der Waals surface area contributed by atoms with Crippen molar-refractivity contribution in [2.24, 2.45) is 10.9 Å². The molecule has 0 amide bonds. The van der Waals surface area contributed by atoms with Crippen LogP contribution in [0.2, 0.25) is 0 Å². The van der Waals surface area contributed by atoms with Crippen LogP contribution in [-0.2, 0) is 10.9 Å². The summed E-state index contributed by atoms with van der Waals surface area (Å²) in [4.78, 5) is 5.52. The average Bonchev–Trinajstić information content (AvgIpc) is 2.46. The van der Waals surface area contributed by atoms with Crippen LogP contribution in [0.4, 0.5) is 19.0 Å². The number of alkyl halides is 3. The van der Waals surface area contributed by atoms with Gasteiger partial charge in [-0.05, 0) is 12.1 Å². The van der Waals surface area contributed by atoms with E-state index in [4.69, 9.17) is 15.7 Å². The first-order valence-corrected chi connectivity index (χ1v) is 5.79. The van der Waals surface area contributed by atoms with E-state index in [9.17, 15) is 13.2 Å². The molecule has 1 fully saturated rings. The Balaban J connectivity index is 2.19. The number of aromatic nitrogens is 1. The average molecular weight is 290 g/mol. The third-order valence-electron chi connectivity index (χ3n) is 2.91. The number of hydrogen-bond acceptors (Lipinski definition) is 5. The van der Waals surface area contributed by atoms with E-state index in [1.165, 1.54) is 0 Å². The molecule has 1 aliphatic rings. The molecular formula is C11H13F3N4O2. The highest BCUT2D eigenvalue weighted by molar-refractivity contribution is 5.85. The summed E-state index contributed by atoms with van der Waals surface area (Å²) >= 11 is 0. The molecule has 0 aliphatic carbocycles. The fraction of sp³-hybridized carbons (Fsp3) is 0.455. The zero-order valence-electron chi connectivity index (χ0n) is 10.3. The Morgan fingerprint density at radius 2 is 2.30 bits per heavy atom. The van der Waals surface area contributed by atoms with Gasteiger partial charge < -0.3 is 20.6 Å². The van der Waals surface area contributed by atoms with E-state index in [0.29, 0.717) is 6.54 Å². The van der Waals surface area contributed by atoms with Crippen molar-refractivity contribution < 1.29 is 23.1 Å². The van der Waals surface area contributed by atoms with Gasteiger partial charge in [-0.25, -0.2) is 4.98 Å². The van der Waals surface area contributed by atoms with Crippen molar-refractivity contribution in [2.45, 2.75) is 12.3 Å². The lowest BCUT2D eigenvalue weighted by Gasteiger charge is -2.33. The van der Waals surface area contributed by atoms with Crippen molar-refractivity contribution in [3.63, 3.8) is 0 Å². The van der Waals surface area contributed by atoms with Gasteiger partial charge >= 0.3 is 6.18 Å². The largest absolute Gasteiger partial charge is 0.416 e. The predicted molar refractivity (Wildman–Crippen MR) is 64.6 cm³/mol. The molecule has 6 nitrogen and oxygen atoms in total. The Bertz CT molecular complexity index is 507. The van der Waals surface area contributed by atoms with Gasteiger partial charge in [-0.1, -0.05) is 5.16 Å². The summed E-state index contributed by atoms with van der Waals surface area (Å²) in [6.07, 6.45) is -3.99. The standard InChI is InChI=1S/C11H13F3N4O2/c12-11(13,14)7-1-2-16-9(5-7)18-3-4-20-8(6-18)10(15)17-19/h1-2,5,8,19H,3-4,6H2,(H2,15,17). The number of amidine groups is 1. The van der Waals surface area contributed by atoms with Crippen LogP contribution in [-0.4, -0.2) is 41.8 Å². The monoisotopic (exact) mass is 290 g/mol. The molecule has 0 aromatic carbocycles. The highest BCUT2D eigenvalue weighted by atomic mass is 19.4. The number of morpholine rings is 1. The third kappa shape index (κ3) is 3.10. The van der Waals surface area contributed by atoms with E-state index in [1.807, 2.05) is 0 Å². The van der Waals surface area contributed by atoms with Gasteiger partial charge in [0.15, 0.2) is 5.84 Å². The Morgan fingerprint density at radius 1 is 1.55 bits per heavy atom. The number of pyridine rings is 1. The van der Waals surface area contributed by atoms with E-state index in [1.54, 1.807) is 4.90 Å². The van der Waals surface area contributed by atoms with Crippen LogP contribution in [0, 0.1) is 0 Å². The number of ether oxygens (including phenoxy) is 1. The summed E-state index contributed by atoms with van der Waals surface area (Å²) in [7, 11) is 0. The topological polar surface area (TPSA) is 84.0 Å². The Kier molecular flexibility index (Phi) is 3.98. The summed E-state index contributed by atoms with van der Waals surface area (Å²) in [6.45, 7) is 0.798. The van der Waals surface area contributed by atoms with Crippen LogP contribution >= 0.6 is 0 Å². The van der Waals surface area contributed by atoms with Crippen molar-refractivity contribution in [1.82, 2.24) is 4.98 Å². The molecule has 3 N–H and O–H groups in total. The van der Waals surface area contributed by atoms with Crippen LogP contribution in [0.5, 0.6) is 0 Å². The first kappa shape index (κ1) is 14.4. The highest BCUT2D eigenvalue weighted by Gasteiger charge is 2.32. The molecule has 1 aromatic rings. The zero-order valence-corrected chi connectivity index (χ0v) is 10.3. The lowest BCUT2D eigenvalue weighted by atomic mass is 10.2. The smallest absolute Gasteiger partial charge is 0.409 e. The summed E-state index contributed by atoms with van der Waals surface area (Å²) in [5, 5.41) is 11.4. The number of halogens is 3. The Morgan fingerprint density at radius 3 is 2.95 bits per heavy atom. The SMILES string of the molecule is NC(=NO)C1CN(c2cc(C(F)(F)F)ccn2)CCO1. The van der Waals surface area contributed by atoms with Crippen LogP contribution in [0.25, 0.3) is 0 Å². The quantitative estimate of drug-likeness (QED) is 0.368. The second-order valence-electron chi connectivity index (χ2n) is 4.23. The molecule has 0 saturated carbocycles. The normalized spacial score (nSPS) is 21.1.